The minimum Gasteiger partial charge on any atom is -0.322 e. The molecule has 0 atom stereocenters. The van der Waals surface area contributed by atoms with Gasteiger partial charge in [-0.05, 0) is 85.8 Å². The van der Waals surface area contributed by atoms with E-state index in [-0.39, 0.29) is 26.4 Å². The quantitative estimate of drug-likeness (QED) is 0.280. The molecule has 0 aliphatic carbocycles. The maximum atomic E-state index is 14.0. The number of Topliss-reactive ketones (excluding diaryl/α,β-unsaturated/α-hetero) is 1. The van der Waals surface area contributed by atoms with Gasteiger partial charge in [-0.3, -0.25) is 19.5 Å². The highest BCUT2D eigenvalue weighted by molar-refractivity contribution is 6.04. The third-order valence-electron chi connectivity index (χ3n) is 7.65. The summed E-state index contributed by atoms with van der Waals surface area (Å²) in [5, 5.41) is 2.68. The van der Waals surface area contributed by atoms with Crippen molar-refractivity contribution in [1.82, 2.24) is 14.8 Å². The van der Waals surface area contributed by atoms with Crippen LogP contribution in [0.2, 0.25) is 0 Å². The van der Waals surface area contributed by atoms with Crippen LogP contribution in [0.3, 0.4) is 0 Å². The zero-order valence-electron chi connectivity index (χ0n) is 24.6. The fourth-order valence-corrected chi connectivity index (χ4v) is 5.26. The average Bonchev–Trinajstić information content (AvgIpc) is 2.94. The lowest BCUT2D eigenvalue weighted by molar-refractivity contribution is -0.138. The average molecular weight is 585 g/mol. The van der Waals surface area contributed by atoms with Gasteiger partial charge in [0.25, 0.3) is 5.91 Å². The highest BCUT2D eigenvalue weighted by Crippen LogP contribution is 2.35. The van der Waals surface area contributed by atoms with E-state index < -0.39 is 17.6 Å². The number of hydrogen-bond donors (Lipinski definition) is 1. The molecular weight excluding hydrogens is 541 g/mol. The van der Waals surface area contributed by atoms with E-state index in [1.807, 2.05) is 36.2 Å². The molecular formula is C33H43F3N4O2. The van der Waals surface area contributed by atoms with Crippen molar-refractivity contribution >= 4 is 17.4 Å². The minimum atomic E-state index is -4.53. The number of pyridine rings is 1. The summed E-state index contributed by atoms with van der Waals surface area (Å²) >= 11 is 0. The number of aryl methyl sites for hydroxylation is 3. The van der Waals surface area contributed by atoms with Crippen LogP contribution in [0, 0.1) is 0 Å². The number of nitrogens with zero attached hydrogens (tertiary/aromatic N) is 3. The molecule has 0 unspecified atom stereocenters. The maximum absolute atomic E-state index is 14.0. The molecule has 228 valence electrons. The van der Waals surface area contributed by atoms with Gasteiger partial charge in [-0.2, -0.15) is 13.2 Å². The lowest BCUT2D eigenvalue weighted by Gasteiger charge is -2.33. The molecule has 1 saturated heterocycles. The third-order valence-corrected chi connectivity index (χ3v) is 7.65. The number of alkyl halides is 3. The molecule has 2 heterocycles. The second-order valence-electron chi connectivity index (χ2n) is 11.2. The summed E-state index contributed by atoms with van der Waals surface area (Å²) in [6, 6.07) is 13.4. The van der Waals surface area contributed by atoms with Crippen molar-refractivity contribution in [2.45, 2.75) is 58.7 Å². The summed E-state index contributed by atoms with van der Waals surface area (Å²) in [7, 11) is 2.00. The van der Waals surface area contributed by atoms with Gasteiger partial charge in [-0.1, -0.05) is 31.5 Å². The molecule has 2 aromatic carbocycles. The van der Waals surface area contributed by atoms with Gasteiger partial charge in [-0.15, -0.1) is 0 Å². The number of aromatic nitrogens is 1. The van der Waals surface area contributed by atoms with Crippen LogP contribution in [-0.2, 0) is 43.2 Å². The molecule has 0 spiro atoms. The van der Waals surface area contributed by atoms with E-state index in [0.29, 0.717) is 37.9 Å². The van der Waals surface area contributed by atoms with Crippen LogP contribution in [0.25, 0.3) is 0 Å². The Morgan fingerprint density at radius 3 is 2.31 bits per heavy atom. The van der Waals surface area contributed by atoms with Crippen LogP contribution in [-0.4, -0.2) is 59.7 Å². The smallest absolute Gasteiger partial charge is 0.322 e. The second-order valence-corrected chi connectivity index (χ2v) is 11.2. The SMILES string of the molecule is CCCc1ccc(C(=O)Nc2ccc(CN3CCN(C)CC3)c(C(F)(F)F)c2)cc1CCc1ccc(CC(C)=O)nc1.[HH].[HH]. The number of amides is 1. The number of likely N-dealkylation sites (N-methyl/N-ethyl adjacent to an activating group) is 1. The predicted octanol–water partition coefficient (Wildman–Crippen LogP) is 6.46. The standard InChI is InChI=1S/C33H39F3N4O2.2H2/c1-4-5-25-9-10-27(19-26(25)8-6-24-7-12-29(37-21-24)18-23(2)41)32(42)38-30-13-11-28(31(20-30)33(34,35)36)22-40-16-14-39(3)15-17-40;;/h7,9-13,19-21H,4-6,8,14-18,22H2,1-3H3,(H,38,42);2*1H. The molecule has 4 rings (SSSR count). The van der Waals surface area contributed by atoms with Crippen LogP contribution >= 0.6 is 0 Å². The molecule has 0 bridgehead atoms. The number of hydrogen-bond acceptors (Lipinski definition) is 5. The van der Waals surface area contributed by atoms with Crippen LogP contribution in [0.15, 0.2) is 54.7 Å². The van der Waals surface area contributed by atoms with Gasteiger partial charge in [-0.25, -0.2) is 0 Å². The van der Waals surface area contributed by atoms with E-state index >= 15 is 0 Å². The van der Waals surface area contributed by atoms with Gasteiger partial charge in [0.05, 0.1) is 5.56 Å². The van der Waals surface area contributed by atoms with Gasteiger partial charge in [0.1, 0.15) is 5.78 Å². The lowest BCUT2D eigenvalue weighted by atomic mass is 9.95. The Kier molecular flexibility index (Phi) is 10.5. The minimum absolute atomic E-state index is 0. The van der Waals surface area contributed by atoms with Gasteiger partial charge in [0.2, 0.25) is 0 Å². The lowest BCUT2D eigenvalue weighted by Crippen LogP contribution is -2.44. The molecule has 1 N–H and O–H groups in total. The van der Waals surface area contributed by atoms with Gasteiger partial charge in [0.15, 0.2) is 0 Å². The molecule has 1 aromatic heterocycles. The topological polar surface area (TPSA) is 65.5 Å². The van der Waals surface area contributed by atoms with E-state index in [2.05, 4.69) is 22.1 Å². The first-order valence-electron chi connectivity index (χ1n) is 14.5. The molecule has 6 nitrogen and oxygen atoms in total. The van der Waals surface area contributed by atoms with Crippen LogP contribution in [0.1, 0.15) is 67.0 Å². The highest BCUT2D eigenvalue weighted by Gasteiger charge is 2.34. The second kappa shape index (κ2) is 14.1. The van der Waals surface area contributed by atoms with Crippen LogP contribution in [0.4, 0.5) is 18.9 Å². The molecule has 0 saturated carbocycles. The van der Waals surface area contributed by atoms with E-state index in [4.69, 9.17) is 0 Å². The van der Waals surface area contributed by atoms with Crippen molar-refractivity contribution in [2.75, 3.05) is 38.5 Å². The number of carbonyl (C=O) groups is 2. The van der Waals surface area contributed by atoms with Crippen molar-refractivity contribution in [2.24, 2.45) is 0 Å². The number of rotatable bonds is 11. The number of piperazine rings is 1. The monoisotopic (exact) mass is 584 g/mol. The van der Waals surface area contributed by atoms with E-state index in [1.54, 1.807) is 18.3 Å². The first kappa shape index (κ1) is 31.4. The fraction of sp³-hybridized carbons (Fsp3) is 0.424. The Morgan fingerprint density at radius 1 is 0.929 bits per heavy atom. The zero-order valence-corrected chi connectivity index (χ0v) is 24.6. The van der Waals surface area contributed by atoms with Gasteiger partial charge in [0, 0.05) is 65.1 Å². The van der Waals surface area contributed by atoms with Crippen molar-refractivity contribution in [3.63, 3.8) is 0 Å². The number of anilines is 1. The van der Waals surface area contributed by atoms with E-state index in [9.17, 15) is 22.8 Å². The predicted molar refractivity (Wildman–Crippen MR) is 163 cm³/mol. The highest BCUT2D eigenvalue weighted by atomic mass is 19.4. The Labute approximate surface area is 248 Å². The van der Waals surface area contributed by atoms with Crippen molar-refractivity contribution in [3.8, 4) is 0 Å². The first-order valence-corrected chi connectivity index (χ1v) is 14.5. The summed E-state index contributed by atoms with van der Waals surface area (Å²) in [5.41, 5.74) is 3.92. The van der Waals surface area contributed by atoms with Crippen molar-refractivity contribution in [1.29, 1.82) is 0 Å². The molecule has 0 radical (unpaired) electrons. The number of benzene rings is 2. The Bertz CT molecular complexity index is 1390. The number of halogens is 3. The van der Waals surface area contributed by atoms with Crippen molar-refractivity contribution in [3.05, 3.63) is 93.8 Å². The fourth-order valence-electron chi connectivity index (χ4n) is 5.26. The Morgan fingerprint density at radius 2 is 1.67 bits per heavy atom. The number of ketones is 1. The number of nitrogens with one attached hydrogen (secondary N) is 1. The van der Waals surface area contributed by atoms with Gasteiger partial charge < -0.3 is 10.2 Å². The largest absolute Gasteiger partial charge is 0.416 e. The normalized spacial score (nSPS) is 14.6. The summed E-state index contributed by atoms with van der Waals surface area (Å²) in [6.07, 6.45) is 0.748. The first-order chi connectivity index (χ1) is 20.0. The van der Waals surface area contributed by atoms with E-state index in [1.165, 1.54) is 13.0 Å². The molecule has 1 fully saturated rings. The summed E-state index contributed by atoms with van der Waals surface area (Å²) < 4.78 is 42.1. The molecule has 1 aliphatic rings. The molecule has 9 heteroatoms. The zero-order chi connectivity index (χ0) is 30.3. The Balaban J connectivity index is 0.00000337. The van der Waals surface area contributed by atoms with Crippen LogP contribution < -0.4 is 5.32 Å². The third kappa shape index (κ3) is 8.72. The summed E-state index contributed by atoms with van der Waals surface area (Å²) in [6.45, 7) is 6.90. The molecule has 1 amide bonds. The van der Waals surface area contributed by atoms with Crippen LogP contribution in [0.5, 0.6) is 0 Å². The summed E-state index contributed by atoms with van der Waals surface area (Å²) in [5.74, 6) is -0.389. The molecule has 3 aromatic rings. The van der Waals surface area contributed by atoms with E-state index in [0.717, 1.165) is 54.4 Å². The van der Waals surface area contributed by atoms with Crippen molar-refractivity contribution < 1.29 is 25.6 Å². The number of carbonyl (C=O) groups excluding carboxylic acids is 2. The summed E-state index contributed by atoms with van der Waals surface area (Å²) in [4.78, 5) is 33.1. The Hall–Kier alpha value is -3.56. The van der Waals surface area contributed by atoms with Gasteiger partial charge >= 0.3 is 6.18 Å². The molecule has 1 aliphatic heterocycles. The maximum Gasteiger partial charge on any atom is 0.416 e. The molecule has 42 heavy (non-hydrogen) atoms.